The van der Waals surface area contributed by atoms with Crippen LogP contribution in [0.15, 0.2) is 22.7 Å². The monoisotopic (exact) mass is 334 g/mol. The molecule has 0 amide bonds. The van der Waals surface area contributed by atoms with E-state index in [4.69, 9.17) is 0 Å². The minimum atomic E-state index is 0.206. The molecule has 106 valence electrons. The van der Waals surface area contributed by atoms with Crippen LogP contribution < -0.4 is 0 Å². The molecule has 0 aliphatic carbocycles. The minimum Gasteiger partial charge on any atom is -0.299 e. The van der Waals surface area contributed by atoms with Gasteiger partial charge in [0.2, 0.25) is 0 Å². The Hall–Kier alpha value is -1.42. The maximum atomic E-state index is 12.2. The summed E-state index contributed by atoms with van der Waals surface area (Å²) < 4.78 is 2.71. The highest BCUT2D eigenvalue weighted by atomic mass is 79.9. The van der Waals surface area contributed by atoms with Crippen molar-refractivity contribution in [2.45, 2.75) is 33.6 Å². The molecule has 0 atom stereocenters. The number of nitrogens with zero attached hydrogens (tertiary/aromatic N) is 2. The molecule has 0 aliphatic rings. The van der Waals surface area contributed by atoms with Gasteiger partial charge < -0.3 is 0 Å². The number of aryl methyl sites for hydroxylation is 4. The maximum absolute atomic E-state index is 12.2. The van der Waals surface area contributed by atoms with Crippen molar-refractivity contribution < 1.29 is 4.79 Å². The summed E-state index contributed by atoms with van der Waals surface area (Å²) >= 11 is 3.50. The Balaban J connectivity index is 2.11. The zero-order chi connectivity index (χ0) is 14.9. The van der Waals surface area contributed by atoms with Gasteiger partial charge in [-0.2, -0.15) is 5.10 Å². The Morgan fingerprint density at radius 2 is 1.90 bits per heavy atom. The van der Waals surface area contributed by atoms with Crippen LogP contribution >= 0.6 is 15.9 Å². The molecule has 0 saturated heterocycles. The number of hydrogen-bond acceptors (Lipinski definition) is 2. The Kier molecular flexibility index (Phi) is 4.43. The van der Waals surface area contributed by atoms with Gasteiger partial charge in [0.05, 0.1) is 15.9 Å². The van der Waals surface area contributed by atoms with Crippen LogP contribution in [0.3, 0.4) is 0 Å². The molecule has 2 aromatic rings. The van der Waals surface area contributed by atoms with Crippen molar-refractivity contribution in [1.29, 1.82) is 0 Å². The Morgan fingerprint density at radius 1 is 1.20 bits per heavy atom. The number of rotatable bonds is 4. The summed E-state index contributed by atoms with van der Waals surface area (Å²) in [4.78, 5) is 12.2. The van der Waals surface area contributed by atoms with Crippen molar-refractivity contribution in [1.82, 2.24) is 9.78 Å². The summed E-state index contributed by atoms with van der Waals surface area (Å²) in [7, 11) is 1.87. The molecule has 0 saturated carbocycles. The van der Waals surface area contributed by atoms with Gasteiger partial charge in [-0.1, -0.05) is 18.2 Å². The van der Waals surface area contributed by atoms with Gasteiger partial charge in [-0.3, -0.25) is 9.48 Å². The third-order valence-electron chi connectivity index (χ3n) is 3.60. The van der Waals surface area contributed by atoms with Crippen molar-refractivity contribution >= 4 is 21.7 Å². The molecule has 3 nitrogen and oxygen atoms in total. The van der Waals surface area contributed by atoms with E-state index in [1.54, 1.807) is 4.68 Å². The standard InChI is InChI=1S/C16H19BrN2O/c1-10-5-6-13(7-11(10)2)8-14(20)9-15-16(17)12(3)18-19(15)4/h5-7H,8-9H2,1-4H3. The van der Waals surface area contributed by atoms with Crippen molar-refractivity contribution in [3.8, 4) is 0 Å². The normalized spacial score (nSPS) is 10.8. The SMILES string of the molecule is Cc1ccc(CC(=O)Cc2c(Br)c(C)nn2C)cc1C. The Bertz CT molecular complexity index is 659. The molecule has 4 heteroatoms. The molecule has 1 heterocycles. The summed E-state index contributed by atoms with van der Waals surface area (Å²) in [6.45, 7) is 6.09. The zero-order valence-electron chi connectivity index (χ0n) is 12.3. The average molecular weight is 335 g/mol. The van der Waals surface area contributed by atoms with E-state index in [0.717, 1.165) is 21.4 Å². The Labute approximate surface area is 128 Å². The van der Waals surface area contributed by atoms with Gasteiger partial charge in [0.1, 0.15) is 5.78 Å². The van der Waals surface area contributed by atoms with Crippen molar-refractivity contribution in [2.75, 3.05) is 0 Å². The number of carbonyl (C=O) groups is 1. The van der Waals surface area contributed by atoms with Crippen molar-refractivity contribution in [3.05, 3.63) is 50.8 Å². The highest BCUT2D eigenvalue weighted by Gasteiger charge is 2.14. The van der Waals surface area contributed by atoms with Crippen molar-refractivity contribution in [2.24, 2.45) is 7.05 Å². The number of aromatic nitrogens is 2. The fourth-order valence-corrected chi connectivity index (χ4v) is 2.74. The fraction of sp³-hybridized carbons (Fsp3) is 0.375. The predicted molar refractivity (Wildman–Crippen MR) is 84.0 cm³/mol. The number of ketones is 1. The minimum absolute atomic E-state index is 0.206. The first kappa shape index (κ1) is 15.0. The van der Waals surface area contributed by atoms with E-state index in [1.165, 1.54) is 11.1 Å². The van der Waals surface area contributed by atoms with Gasteiger partial charge in [0.15, 0.2) is 0 Å². The highest BCUT2D eigenvalue weighted by Crippen LogP contribution is 2.21. The lowest BCUT2D eigenvalue weighted by atomic mass is 10.0. The summed E-state index contributed by atoms with van der Waals surface area (Å²) in [5.41, 5.74) is 5.42. The lowest BCUT2D eigenvalue weighted by Crippen LogP contribution is -2.10. The highest BCUT2D eigenvalue weighted by molar-refractivity contribution is 9.10. The first-order valence-corrected chi connectivity index (χ1v) is 7.43. The molecule has 0 bridgehead atoms. The molecule has 0 N–H and O–H groups in total. The summed E-state index contributed by atoms with van der Waals surface area (Å²) in [6.07, 6.45) is 0.878. The van der Waals surface area contributed by atoms with E-state index in [0.29, 0.717) is 12.8 Å². The molecule has 0 aliphatic heterocycles. The molecule has 0 radical (unpaired) electrons. The molecule has 0 fully saturated rings. The van der Waals surface area contributed by atoms with E-state index < -0.39 is 0 Å². The number of Topliss-reactive ketones (excluding diaryl/α,β-unsaturated/α-hetero) is 1. The number of benzene rings is 1. The third-order valence-corrected chi connectivity index (χ3v) is 4.63. The van der Waals surface area contributed by atoms with Crippen LogP contribution in [0, 0.1) is 20.8 Å². The molecule has 1 aromatic heterocycles. The van der Waals surface area contributed by atoms with E-state index in [1.807, 2.05) is 20.0 Å². The van der Waals surface area contributed by atoms with E-state index in [2.05, 4.69) is 47.0 Å². The number of hydrogen-bond donors (Lipinski definition) is 0. The van der Waals surface area contributed by atoms with E-state index in [9.17, 15) is 4.79 Å². The van der Waals surface area contributed by atoms with Crippen LogP contribution in [0.2, 0.25) is 0 Å². The van der Waals surface area contributed by atoms with Crippen LogP contribution in [-0.4, -0.2) is 15.6 Å². The van der Waals surface area contributed by atoms with Crippen LogP contribution in [0.5, 0.6) is 0 Å². The van der Waals surface area contributed by atoms with Gasteiger partial charge in [0.25, 0.3) is 0 Å². The largest absolute Gasteiger partial charge is 0.299 e. The quantitative estimate of drug-likeness (QED) is 0.858. The zero-order valence-corrected chi connectivity index (χ0v) is 13.9. The fourth-order valence-electron chi connectivity index (χ4n) is 2.26. The van der Waals surface area contributed by atoms with Crippen LogP contribution in [0.1, 0.15) is 28.1 Å². The molecular weight excluding hydrogens is 316 g/mol. The smallest absolute Gasteiger partial charge is 0.143 e. The Morgan fingerprint density at radius 3 is 2.45 bits per heavy atom. The molecule has 1 aromatic carbocycles. The second kappa shape index (κ2) is 5.92. The third kappa shape index (κ3) is 3.18. The van der Waals surface area contributed by atoms with E-state index in [-0.39, 0.29) is 5.78 Å². The first-order valence-electron chi connectivity index (χ1n) is 6.64. The number of halogens is 1. The number of carbonyl (C=O) groups excluding carboxylic acids is 1. The molecule has 0 unspecified atom stereocenters. The molecular formula is C16H19BrN2O. The average Bonchev–Trinajstić information content (AvgIpc) is 2.61. The van der Waals surface area contributed by atoms with E-state index >= 15 is 0 Å². The second-order valence-electron chi connectivity index (χ2n) is 5.28. The van der Waals surface area contributed by atoms with Crippen LogP contribution in [0.4, 0.5) is 0 Å². The van der Waals surface area contributed by atoms with Crippen LogP contribution in [-0.2, 0) is 24.7 Å². The lowest BCUT2D eigenvalue weighted by molar-refractivity contribution is -0.117. The summed E-state index contributed by atoms with van der Waals surface area (Å²) in [6, 6.07) is 6.20. The van der Waals surface area contributed by atoms with Gasteiger partial charge in [-0.05, 0) is 53.4 Å². The first-order chi connectivity index (χ1) is 9.38. The molecule has 2 rings (SSSR count). The second-order valence-corrected chi connectivity index (χ2v) is 6.07. The molecule has 20 heavy (non-hydrogen) atoms. The topological polar surface area (TPSA) is 34.9 Å². The molecule has 0 spiro atoms. The van der Waals surface area contributed by atoms with Gasteiger partial charge >= 0.3 is 0 Å². The van der Waals surface area contributed by atoms with Gasteiger partial charge in [-0.15, -0.1) is 0 Å². The lowest BCUT2D eigenvalue weighted by Gasteiger charge is -2.06. The van der Waals surface area contributed by atoms with Gasteiger partial charge in [-0.25, -0.2) is 0 Å². The predicted octanol–water partition coefficient (Wildman–Crippen LogP) is 3.46. The summed E-state index contributed by atoms with van der Waals surface area (Å²) in [5, 5.41) is 4.31. The van der Waals surface area contributed by atoms with Gasteiger partial charge in [0, 0.05) is 19.9 Å². The van der Waals surface area contributed by atoms with Crippen LogP contribution in [0.25, 0.3) is 0 Å². The van der Waals surface area contributed by atoms with Crippen molar-refractivity contribution in [3.63, 3.8) is 0 Å². The summed E-state index contributed by atoms with van der Waals surface area (Å²) in [5.74, 6) is 0.206. The maximum Gasteiger partial charge on any atom is 0.143 e.